The second kappa shape index (κ2) is 5.24. The zero-order chi connectivity index (χ0) is 20.1. The molecule has 4 nitrogen and oxygen atoms in total. The number of nitrogens with zero attached hydrogens (tertiary/aromatic N) is 2. The average molecular weight is 398 g/mol. The van der Waals surface area contributed by atoms with Gasteiger partial charge >= 0.3 is 0 Å². The quantitative estimate of drug-likeness (QED) is 0.249. The third-order valence-corrected chi connectivity index (χ3v) is 6.45. The van der Waals surface area contributed by atoms with Crippen molar-refractivity contribution in [3.63, 3.8) is 0 Å². The molecule has 8 aromatic rings. The summed E-state index contributed by atoms with van der Waals surface area (Å²) in [5.41, 5.74) is 5.53. The van der Waals surface area contributed by atoms with Gasteiger partial charge in [-0.1, -0.05) is 42.5 Å². The third-order valence-electron chi connectivity index (χ3n) is 6.45. The molecule has 0 aliphatic rings. The predicted octanol–water partition coefficient (Wildman–Crippen LogP) is 7.44. The van der Waals surface area contributed by atoms with E-state index in [4.69, 9.17) is 8.83 Å². The van der Waals surface area contributed by atoms with E-state index in [1.807, 2.05) is 30.6 Å². The zero-order valence-electron chi connectivity index (χ0n) is 16.3. The van der Waals surface area contributed by atoms with E-state index in [0.29, 0.717) is 0 Å². The topological polar surface area (TPSA) is 43.6 Å². The van der Waals surface area contributed by atoms with Crippen LogP contribution in [0.15, 0.2) is 94.0 Å². The Bertz CT molecular complexity index is 2000. The molecule has 4 heterocycles. The minimum absolute atomic E-state index is 0.836. The van der Waals surface area contributed by atoms with Crippen LogP contribution >= 0.6 is 0 Å². The van der Waals surface area contributed by atoms with E-state index in [9.17, 15) is 0 Å². The van der Waals surface area contributed by atoms with Crippen LogP contribution < -0.4 is 0 Å². The second-order valence-corrected chi connectivity index (χ2v) is 8.05. The second-order valence-electron chi connectivity index (χ2n) is 8.05. The maximum atomic E-state index is 6.32. The van der Waals surface area contributed by atoms with Crippen molar-refractivity contribution in [2.24, 2.45) is 0 Å². The van der Waals surface area contributed by atoms with Gasteiger partial charge in [0.1, 0.15) is 28.0 Å². The van der Waals surface area contributed by atoms with Gasteiger partial charge in [-0.2, -0.15) is 0 Å². The number of hydrogen-bond acceptors (Lipinski definition) is 3. The van der Waals surface area contributed by atoms with Crippen LogP contribution in [0.3, 0.4) is 0 Å². The minimum atomic E-state index is 0.836. The van der Waals surface area contributed by atoms with Gasteiger partial charge in [0, 0.05) is 39.3 Å². The van der Waals surface area contributed by atoms with Crippen LogP contribution in [0.2, 0.25) is 0 Å². The Morgan fingerprint density at radius 3 is 2.39 bits per heavy atom. The maximum absolute atomic E-state index is 6.32. The molecule has 0 fully saturated rings. The highest BCUT2D eigenvalue weighted by molar-refractivity contribution is 6.24. The van der Waals surface area contributed by atoms with Crippen molar-refractivity contribution < 1.29 is 8.83 Å². The molecule has 8 rings (SSSR count). The zero-order valence-corrected chi connectivity index (χ0v) is 16.3. The first-order valence-corrected chi connectivity index (χ1v) is 10.3. The van der Waals surface area contributed by atoms with Crippen LogP contribution in [0, 0.1) is 0 Å². The van der Waals surface area contributed by atoms with Crippen molar-refractivity contribution >= 4 is 71.2 Å². The van der Waals surface area contributed by atoms with Gasteiger partial charge < -0.3 is 8.83 Å². The van der Waals surface area contributed by atoms with Crippen molar-refractivity contribution in [3.8, 4) is 0 Å². The number of pyridine rings is 1. The van der Waals surface area contributed by atoms with E-state index in [-0.39, 0.29) is 0 Å². The lowest BCUT2D eigenvalue weighted by Crippen LogP contribution is -1.90. The molecule has 0 atom stereocenters. The largest absolute Gasteiger partial charge is 0.456 e. The molecule has 4 aromatic carbocycles. The number of rotatable bonds is 0. The van der Waals surface area contributed by atoms with Crippen molar-refractivity contribution in [1.82, 2.24) is 9.38 Å². The summed E-state index contributed by atoms with van der Waals surface area (Å²) in [5.74, 6) is 0. The van der Waals surface area contributed by atoms with Crippen LogP contribution in [-0.4, -0.2) is 9.38 Å². The number of fused-ring (bicyclic) bond motifs is 13. The predicted molar refractivity (Wildman–Crippen MR) is 125 cm³/mol. The van der Waals surface area contributed by atoms with E-state index >= 15 is 0 Å². The van der Waals surface area contributed by atoms with Crippen LogP contribution in [-0.2, 0) is 0 Å². The molecule has 0 radical (unpaired) electrons. The van der Waals surface area contributed by atoms with E-state index in [2.05, 4.69) is 64.0 Å². The molecule has 0 saturated heterocycles. The molecule has 0 aliphatic carbocycles. The lowest BCUT2D eigenvalue weighted by atomic mass is 10.0. The molecule has 0 unspecified atom stereocenters. The number of furan rings is 2. The smallest absolute Gasteiger partial charge is 0.147 e. The lowest BCUT2D eigenvalue weighted by Gasteiger charge is -2.08. The lowest BCUT2D eigenvalue weighted by molar-refractivity contribution is 0.663. The van der Waals surface area contributed by atoms with E-state index in [1.165, 1.54) is 5.39 Å². The van der Waals surface area contributed by atoms with Crippen molar-refractivity contribution in [2.45, 2.75) is 0 Å². The van der Waals surface area contributed by atoms with Gasteiger partial charge in [0.25, 0.3) is 0 Å². The van der Waals surface area contributed by atoms with Crippen LogP contribution in [0.25, 0.3) is 71.2 Å². The van der Waals surface area contributed by atoms with Gasteiger partial charge in [-0.3, -0.25) is 4.40 Å². The highest BCUT2D eigenvalue weighted by Gasteiger charge is 2.18. The molecule has 0 bridgehead atoms. The van der Waals surface area contributed by atoms with Gasteiger partial charge in [-0.25, -0.2) is 4.98 Å². The van der Waals surface area contributed by atoms with Crippen molar-refractivity contribution in [1.29, 1.82) is 0 Å². The van der Waals surface area contributed by atoms with E-state index in [1.54, 1.807) is 0 Å². The van der Waals surface area contributed by atoms with Crippen LogP contribution in [0.5, 0.6) is 0 Å². The number of benzene rings is 4. The minimum Gasteiger partial charge on any atom is -0.456 e. The highest BCUT2D eigenvalue weighted by atomic mass is 16.3. The molecular formula is C27H14N2O2. The molecule has 0 aliphatic heterocycles. The Labute approximate surface area is 174 Å². The van der Waals surface area contributed by atoms with Crippen LogP contribution in [0.4, 0.5) is 0 Å². The third kappa shape index (κ3) is 1.83. The van der Waals surface area contributed by atoms with Gasteiger partial charge in [0.15, 0.2) is 0 Å². The average Bonchev–Trinajstić information content (AvgIpc) is 3.52. The molecular weight excluding hydrogens is 384 g/mol. The summed E-state index contributed by atoms with van der Waals surface area (Å²) < 4.78 is 14.8. The number of aromatic nitrogens is 2. The van der Waals surface area contributed by atoms with Gasteiger partial charge in [-0.05, 0) is 35.7 Å². The fourth-order valence-corrected chi connectivity index (χ4v) is 5.10. The normalized spacial score (nSPS) is 12.5. The summed E-state index contributed by atoms with van der Waals surface area (Å²) in [6, 6.07) is 25.1. The Morgan fingerprint density at radius 1 is 0.613 bits per heavy atom. The van der Waals surface area contributed by atoms with Gasteiger partial charge in [0.2, 0.25) is 0 Å². The molecule has 0 saturated carbocycles. The SMILES string of the molecule is c1ccc2c(c1)oc1c2ccc2oc3cc4c5ccccc5c5nccn5c4cc3c21. The number of para-hydroxylation sites is 1. The standard InChI is InChI=1S/C27H14N2O2/c1-2-7-18-15(5-1)19-14-24-20(13-21(19)29-12-11-28-27(18)29)25-23(30-24)10-9-17-16-6-3-4-8-22(16)31-26(17)25/h1-14H. The molecule has 0 N–H and O–H groups in total. The Kier molecular flexibility index (Phi) is 2.62. The summed E-state index contributed by atoms with van der Waals surface area (Å²) in [5, 5.41) is 7.76. The Balaban J connectivity index is 1.64. The fourth-order valence-electron chi connectivity index (χ4n) is 5.10. The molecule has 31 heavy (non-hydrogen) atoms. The summed E-state index contributed by atoms with van der Waals surface area (Å²) in [4.78, 5) is 4.63. The van der Waals surface area contributed by atoms with Crippen molar-refractivity contribution in [3.05, 3.63) is 85.2 Å². The molecule has 4 aromatic heterocycles. The van der Waals surface area contributed by atoms with E-state index in [0.717, 1.165) is 65.8 Å². The summed E-state index contributed by atoms with van der Waals surface area (Å²) >= 11 is 0. The van der Waals surface area contributed by atoms with Crippen molar-refractivity contribution in [2.75, 3.05) is 0 Å². The number of imidazole rings is 1. The monoisotopic (exact) mass is 398 g/mol. The summed E-state index contributed by atoms with van der Waals surface area (Å²) in [6.45, 7) is 0. The first-order valence-electron chi connectivity index (χ1n) is 10.3. The highest BCUT2D eigenvalue weighted by Crippen LogP contribution is 2.41. The summed E-state index contributed by atoms with van der Waals surface area (Å²) in [7, 11) is 0. The summed E-state index contributed by atoms with van der Waals surface area (Å²) in [6.07, 6.45) is 3.88. The first kappa shape index (κ1) is 15.5. The van der Waals surface area contributed by atoms with Gasteiger partial charge in [0.05, 0.1) is 10.9 Å². The number of hydrogen-bond donors (Lipinski definition) is 0. The molecule has 4 heteroatoms. The van der Waals surface area contributed by atoms with Gasteiger partial charge in [-0.15, -0.1) is 0 Å². The first-order chi connectivity index (χ1) is 15.4. The molecule has 0 amide bonds. The van der Waals surface area contributed by atoms with E-state index < -0.39 is 0 Å². The Morgan fingerprint density at radius 2 is 1.45 bits per heavy atom. The van der Waals surface area contributed by atoms with Crippen LogP contribution in [0.1, 0.15) is 0 Å². The molecule has 0 spiro atoms. The maximum Gasteiger partial charge on any atom is 0.147 e. The molecule has 144 valence electrons. The Hall–Kier alpha value is -4.31. The fraction of sp³-hybridized carbons (Fsp3) is 0.